The first-order valence-corrected chi connectivity index (χ1v) is 9.58. The summed E-state index contributed by atoms with van der Waals surface area (Å²) in [5, 5.41) is 12.9. The minimum Gasteiger partial charge on any atom is -0.465 e. The lowest BCUT2D eigenvalue weighted by atomic mass is 10.0. The van der Waals surface area contributed by atoms with E-state index in [1.54, 1.807) is 0 Å². The molecule has 0 radical (unpaired) electrons. The number of aryl methyl sites for hydroxylation is 1. The second-order valence-corrected chi connectivity index (χ2v) is 7.06. The number of hydrogen-bond donors (Lipinski definition) is 1. The van der Waals surface area contributed by atoms with Crippen LogP contribution >= 0.6 is 0 Å². The number of carboxylic acid groups (broad SMARTS) is 1. The van der Waals surface area contributed by atoms with Gasteiger partial charge in [0.05, 0.1) is 5.92 Å². The molecule has 0 saturated carbocycles. The van der Waals surface area contributed by atoms with Gasteiger partial charge in [-0.05, 0) is 18.4 Å². The van der Waals surface area contributed by atoms with E-state index in [1.165, 1.54) is 49.0 Å². The van der Waals surface area contributed by atoms with Gasteiger partial charge in [0, 0.05) is 18.7 Å². The third-order valence-electron chi connectivity index (χ3n) is 4.97. The predicted molar refractivity (Wildman–Crippen MR) is 99.2 cm³/mol. The number of hydrogen-bond acceptors (Lipinski definition) is 4. The first kappa shape index (κ1) is 18.4. The highest BCUT2D eigenvalue weighted by atomic mass is 16.5. The van der Waals surface area contributed by atoms with E-state index in [0.29, 0.717) is 24.8 Å². The van der Waals surface area contributed by atoms with Crippen molar-refractivity contribution < 1.29 is 14.4 Å². The van der Waals surface area contributed by atoms with Crippen molar-refractivity contribution >= 4 is 6.09 Å². The van der Waals surface area contributed by atoms with Gasteiger partial charge in [0.2, 0.25) is 11.7 Å². The summed E-state index contributed by atoms with van der Waals surface area (Å²) in [5.74, 6) is 1.10. The van der Waals surface area contributed by atoms with Gasteiger partial charge in [-0.25, -0.2) is 4.79 Å². The van der Waals surface area contributed by atoms with E-state index in [0.717, 1.165) is 12.0 Å². The first-order valence-electron chi connectivity index (χ1n) is 9.58. The lowest BCUT2D eigenvalue weighted by molar-refractivity contribution is 0.0959. The monoisotopic (exact) mass is 357 g/mol. The maximum absolute atomic E-state index is 10.8. The SMILES string of the molecule is CCCCCCCCc1ccc(-c2noc(C3CN(C(=O)O)C3)n2)cc1. The summed E-state index contributed by atoms with van der Waals surface area (Å²) in [6, 6.07) is 8.33. The number of benzene rings is 1. The molecule has 2 aromatic rings. The number of nitrogens with zero attached hydrogens (tertiary/aromatic N) is 3. The Balaban J connectivity index is 1.47. The van der Waals surface area contributed by atoms with Gasteiger partial charge in [-0.1, -0.05) is 68.4 Å². The molecule has 6 heteroatoms. The lowest BCUT2D eigenvalue weighted by Crippen LogP contribution is -2.47. The third-order valence-corrected chi connectivity index (χ3v) is 4.97. The zero-order valence-electron chi connectivity index (χ0n) is 15.4. The number of unbranched alkanes of at least 4 members (excludes halogenated alkanes) is 5. The number of likely N-dealkylation sites (tertiary alicyclic amines) is 1. The summed E-state index contributed by atoms with van der Waals surface area (Å²) < 4.78 is 5.31. The molecular weight excluding hydrogens is 330 g/mol. The molecule has 1 fully saturated rings. The molecule has 3 rings (SSSR count). The van der Waals surface area contributed by atoms with E-state index in [2.05, 4.69) is 29.2 Å². The summed E-state index contributed by atoms with van der Waals surface area (Å²) >= 11 is 0. The van der Waals surface area contributed by atoms with Crippen molar-refractivity contribution in [3.8, 4) is 11.4 Å². The Morgan fingerprint density at radius 2 is 1.85 bits per heavy atom. The quantitative estimate of drug-likeness (QED) is 0.657. The third kappa shape index (κ3) is 4.62. The molecule has 1 aliphatic rings. The molecule has 1 aliphatic heterocycles. The van der Waals surface area contributed by atoms with Gasteiger partial charge in [0.25, 0.3) is 0 Å². The van der Waals surface area contributed by atoms with Crippen LogP contribution in [0.25, 0.3) is 11.4 Å². The fourth-order valence-corrected chi connectivity index (χ4v) is 3.24. The van der Waals surface area contributed by atoms with E-state index in [9.17, 15) is 4.79 Å². The van der Waals surface area contributed by atoms with Crippen molar-refractivity contribution in [2.24, 2.45) is 0 Å². The van der Waals surface area contributed by atoms with Crippen molar-refractivity contribution in [2.45, 2.75) is 57.8 Å². The van der Waals surface area contributed by atoms with Crippen molar-refractivity contribution in [1.29, 1.82) is 0 Å². The Morgan fingerprint density at radius 1 is 1.15 bits per heavy atom. The molecule has 1 amide bonds. The molecule has 0 unspecified atom stereocenters. The topological polar surface area (TPSA) is 79.5 Å². The highest BCUT2D eigenvalue weighted by Crippen LogP contribution is 2.27. The first-order chi connectivity index (χ1) is 12.7. The maximum atomic E-state index is 10.8. The van der Waals surface area contributed by atoms with E-state index in [4.69, 9.17) is 9.63 Å². The van der Waals surface area contributed by atoms with Crippen LogP contribution in [0.4, 0.5) is 4.79 Å². The van der Waals surface area contributed by atoms with Crippen LogP contribution in [0.15, 0.2) is 28.8 Å². The van der Waals surface area contributed by atoms with Crippen LogP contribution in [-0.2, 0) is 6.42 Å². The highest BCUT2D eigenvalue weighted by molar-refractivity contribution is 5.66. The molecule has 1 aromatic carbocycles. The van der Waals surface area contributed by atoms with Gasteiger partial charge in [-0.3, -0.25) is 0 Å². The summed E-state index contributed by atoms with van der Waals surface area (Å²) in [5.41, 5.74) is 2.27. The van der Waals surface area contributed by atoms with Gasteiger partial charge in [-0.2, -0.15) is 4.98 Å². The summed E-state index contributed by atoms with van der Waals surface area (Å²) in [6.07, 6.45) is 8.05. The highest BCUT2D eigenvalue weighted by Gasteiger charge is 2.35. The lowest BCUT2D eigenvalue weighted by Gasteiger charge is -2.34. The zero-order chi connectivity index (χ0) is 18.4. The van der Waals surface area contributed by atoms with Crippen LogP contribution in [0, 0.1) is 0 Å². The Morgan fingerprint density at radius 3 is 2.54 bits per heavy atom. The van der Waals surface area contributed by atoms with Crippen molar-refractivity contribution in [3.63, 3.8) is 0 Å². The normalized spacial score (nSPS) is 14.4. The van der Waals surface area contributed by atoms with Crippen LogP contribution in [-0.4, -0.2) is 39.3 Å². The average Bonchev–Trinajstić information content (AvgIpc) is 3.06. The number of carbonyl (C=O) groups is 1. The minimum atomic E-state index is -0.901. The molecule has 0 spiro atoms. The van der Waals surface area contributed by atoms with Gasteiger partial charge in [-0.15, -0.1) is 0 Å². The molecular formula is C20H27N3O3. The molecule has 1 saturated heterocycles. The van der Waals surface area contributed by atoms with E-state index in [-0.39, 0.29) is 5.92 Å². The summed E-state index contributed by atoms with van der Waals surface area (Å²) in [7, 11) is 0. The molecule has 140 valence electrons. The molecule has 1 N–H and O–H groups in total. The molecule has 2 heterocycles. The van der Waals surface area contributed by atoms with Crippen molar-refractivity contribution in [2.75, 3.05) is 13.1 Å². The Bertz CT molecular complexity index is 705. The van der Waals surface area contributed by atoms with Crippen LogP contribution in [0.3, 0.4) is 0 Å². The van der Waals surface area contributed by atoms with Gasteiger partial charge in [0.1, 0.15) is 0 Å². The second-order valence-electron chi connectivity index (χ2n) is 7.06. The Hall–Kier alpha value is -2.37. The molecule has 1 aromatic heterocycles. The zero-order valence-corrected chi connectivity index (χ0v) is 15.4. The van der Waals surface area contributed by atoms with Gasteiger partial charge >= 0.3 is 6.09 Å². The van der Waals surface area contributed by atoms with Crippen molar-refractivity contribution in [3.05, 3.63) is 35.7 Å². The van der Waals surface area contributed by atoms with E-state index >= 15 is 0 Å². The molecule has 0 atom stereocenters. The van der Waals surface area contributed by atoms with Gasteiger partial charge < -0.3 is 14.5 Å². The molecule has 6 nitrogen and oxygen atoms in total. The predicted octanol–water partition coefficient (Wildman–Crippen LogP) is 4.72. The molecule has 26 heavy (non-hydrogen) atoms. The standard InChI is InChI=1S/C20H27N3O3/c1-2-3-4-5-6-7-8-15-9-11-16(12-10-15)18-21-19(26-22-18)17-13-23(14-17)20(24)25/h9-12,17H,2-8,13-14H2,1H3,(H,24,25). The fourth-order valence-electron chi connectivity index (χ4n) is 3.24. The smallest absolute Gasteiger partial charge is 0.407 e. The maximum Gasteiger partial charge on any atom is 0.407 e. The van der Waals surface area contributed by atoms with Crippen LogP contribution in [0.1, 0.15) is 62.8 Å². The van der Waals surface area contributed by atoms with E-state index < -0.39 is 6.09 Å². The van der Waals surface area contributed by atoms with Crippen molar-refractivity contribution in [1.82, 2.24) is 15.0 Å². The molecule has 0 bridgehead atoms. The Labute approximate surface area is 154 Å². The van der Waals surface area contributed by atoms with Gasteiger partial charge in [0.15, 0.2) is 0 Å². The van der Waals surface area contributed by atoms with E-state index in [1.807, 2.05) is 12.1 Å². The summed E-state index contributed by atoms with van der Waals surface area (Å²) in [4.78, 5) is 16.6. The Kier molecular flexibility index (Phi) is 6.26. The second kappa shape index (κ2) is 8.83. The number of amides is 1. The van der Waals surface area contributed by atoms with Crippen LogP contribution < -0.4 is 0 Å². The summed E-state index contributed by atoms with van der Waals surface area (Å²) in [6.45, 7) is 3.09. The molecule has 0 aliphatic carbocycles. The van der Waals surface area contributed by atoms with Crippen LogP contribution in [0.2, 0.25) is 0 Å². The number of rotatable bonds is 9. The van der Waals surface area contributed by atoms with Crippen LogP contribution in [0.5, 0.6) is 0 Å². The fraction of sp³-hybridized carbons (Fsp3) is 0.550. The minimum absolute atomic E-state index is 0.0133. The number of aromatic nitrogens is 2. The average molecular weight is 357 g/mol. The largest absolute Gasteiger partial charge is 0.465 e.